The van der Waals surface area contributed by atoms with Crippen LogP contribution in [0.3, 0.4) is 0 Å². The van der Waals surface area contributed by atoms with Crippen molar-refractivity contribution in [2.24, 2.45) is 5.41 Å². The molecule has 3 aliphatic rings. The van der Waals surface area contributed by atoms with Gasteiger partial charge in [0.25, 0.3) is 0 Å². The molecule has 1 aromatic carbocycles. The summed E-state index contributed by atoms with van der Waals surface area (Å²) in [6.07, 6.45) is 7.34. The molecule has 0 unspecified atom stereocenters. The second-order valence-electron chi connectivity index (χ2n) is 9.60. The van der Waals surface area contributed by atoms with Gasteiger partial charge < -0.3 is 21.3 Å². The minimum atomic E-state index is -0.480. The Kier molecular flexibility index (Phi) is 5.59. The molecule has 1 aromatic heterocycles. The van der Waals surface area contributed by atoms with Gasteiger partial charge in [-0.15, -0.1) is 0 Å². The van der Waals surface area contributed by atoms with Crippen LogP contribution in [-0.4, -0.2) is 30.0 Å². The maximum atomic E-state index is 14.7. The molecule has 0 bridgehead atoms. The van der Waals surface area contributed by atoms with Gasteiger partial charge in [0.2, 0.25) is 5.91 Å². The lowest BCUT2D eigenvalue weighted by Crippen LogP contribution is -2.30. The van der Waals surface area contributed by atoms with Crippen LogP contribution in [0.2, 0.25) is 0 Å². The number of benzene rings is 1. The summed E-state index contributed by atoms with van der Waals surface area (Å²) >= 11 is 0. The van der Waals surface area contributed by atoms with Crippen LogP contribution in [0.4, 0.5) is 14.9 Å². The fourth-order valence-electron chi connectivity index (χ4n) is 4.46. The van der Waals surface area contributed by atoms with Crippen LogP contribution in [0, 0.1) is 18.2 Å². The van der Waals surface area contributed by atoms with E-state index in [1.807, 2.05) is 25.1 Å². The van der Waals surface area contributed by atoms with Crippen LogP contribution in [0.25, 0.3) is 16.7 Å². The van der Waals surface area contributed by atoms with E-state index in [1.165, 1.54) is 18.9 Å². The Morgan fingerprint density at radius 1 is 1.26 bits per heavy atom. The summed E-state index contributed by atoms with van der Waals surface area (Å²) in [4.78, 5) is 28.8. The molecule has 7 nitrogen and oxygen atoms in total. The summed E-state index contributed by atoms with van der Waals surface area (Å²) in [6.45, 7) is 5.20. The lowest BCUT2D eigenvalue weighted by atomic mass is 9.94. The number of anilines is 1. The molecule has 1 aliphatic carbocycles. The summed E-state index contributed by atoms with van der Waals surface area (Å²) in [5.74, 6) is 0.211. The van der Waals surface area contributed by atoms with Crippen LogP contribution in [0.5, 0.6) is 0 Å². The molecule has 3 heterocycles. The van der Waals surface area contributed by atoms with E-state index in [0.29, 0.717) is 24.9 Å². The van der Waals surface area contributed by atoms with Crippen LogP contribution >= 0.6 is 0 Å². The fraction of sp³-hybridized carbons (Fsp3) is 0.346. The molecule has 0 atom stereocenters. The first-order valence-electron chi connectivity index (χ1n) is 11.6. The van der Waals surface area contributed by atoms with E-state index in [0.717, 1.165) is 45.8 Å². The van der Waals surface area contributed by atoms with Crippen molar-refractivity contribution < 1.29 is 14.0 Å². The molecule has 3 amide bonds. The lowest BCUT2D eigenvalue weighted by Gasteiger charge is -2.18. The van der Waals surface area contributed by atoms with E-state index in [2.05, 4.69) is 33.2 Å². The summed E-state index contributed by atoms with van der Waals surface area (Å²) in [6, 6.07) is 6.48. The molecule has 0 spiro atoms. The zero-order chi connectivity index (χ0) is 23.9. The number of rotatable bonds is 6. The quantitative estimate of drug-likeness (QED) is 0.518. The van der Waals surface area contributed by atoms with E-state index < -0.39 is 11.8 Å². The average Bonchev–Trinajstić information content (AvgIpc) is 3.40. The zero-order valence-electron chi connectivity index (χ0n) is 19.3. The normalized spacial score (nSPS) is 18.0. The van der Waals surface area contributed by atoms with Crippen molar-refractivity contribution in [1.82, 2.24) is 20.9 Å². The number of allylic oxidation sites excluding steroid dienone is 1. The van der Waals surface area contributed by atoms with Crippen LogP contribution < -0.4 is 21.3 Å². The highest BCUT2D eigenvalue weighted by Gasteiger charge is 2.36. The Hall–Kier alpha value is -3.68. The molecule has 34 heavy (non-hydrogen) atoms. The Morgan fingerprint density at radius 3 is 2.88 bits per heavy atom. The number of urea groups is 1. The molecule has 1 saturated carbocycles. The summed E-state index contributed by atoms with van der Waals surface area (Å²) in [5, 5.41) is 11.5. The number of nitrogens with zero attached hydrogens (tertiary/aromatic N) is 1. The van der Waals surface area contributed by atoms with Crippen molar-refractivity contribution in [3.05, 3.63) is 65.0 Å². The van der Waals surface area contributed by atoms with E-state index in [-0.39, 0.29) is 11.6 Å². The van der Waals surface area contributed by atoms with E-state index in [4.69, 9.17) is 0 Å². The Bertz CT molecular complexity index is 1250. The van der Waals surface area contributed by atoms with Gasteiger partial charge in [-0.2, -0.15) is 0 Å². The summed E-state index contributed by atoms with van der Waals surface area (Å²) in [7, 11) is 0. The number of carbonyl (C=O) groups is 2. The van der Waals surface area contributed by atoms with Gasteiger partial charge >= 0.3 is 6.03 Å². The molecule has 2 aromatic rings. The molecule has 5 rings (SSSR count). The standard InChI is InChI=1S/C26H28FN5O2/c1-15-11-20(27)22(31-25(34)30-10-7-26(2)5-6-26)13-18(15)16-3-8-28-21(12-16)17-4-9-29-24-19(17)14-23(33)32-24/h3-4,8,11-13,29H,5-7,9-10,14H2,1-2H3,(H,32,33)(H2,30,31,34). The highest BCUT2D eigenvalue weighted by Crippen LogP contribution is 2.47. The Balaban J connectivity index is 1.37. The van der Waals surface area contributed by atoms with Crippen LogP contribution in [-0.2, 0) is 4.79 Å². The molecular formula is C26H28FN5O2. The zero-order valence-corrected chi connectivity index (χ0v) is 19.3. The second-order valence-corrected chi connectivity index (χ2v) is 9.60. The molecule has 8 heteroatoms. The minimum absolute atomic E-state index is 0.0453. The van der Waals surface area contributed by atoms with Crippen molar-refractivity contribution in [3.8, 4) is 11.1 Å². The third kappa shape index (κ3) is 4.53. The van der Waals surface area contributed by atoms with Gasteiger partial charge in [-0.1, -0.05) is 13.0 Å². The third-order valence-corrected chi connectivity index (χ3v) is 6.84. The van der Waals surface area contributed by atoms with Crippen molar-refractivity contribution >= 4 is 23.2 Å². The monoisotopic (exact) mass is 461 g/mol. The van der Waals surface area contributed by atoms with Crippen LogP contribution in [0.15, 0.2) is 47.9 Å². The second kappa shape index (κ2) is 8.59. The highest BCUT2D eigenvalue weighted by atomic mass is 19.1. The number of halogens is 1. The molecule has 0 saturated heterocycles. The van der Waals surface area contributed by atoms with Gasteiger partial charge in [0.15, 0.2) is 0 Å². The van der Waals surface area contributed by atoms with E-state index in [1.54, 1.807) is 12.3 Å². The largest absolute Gasteiger partial charge is 0.368 e. The average molecular weight is 462 g/mol. The maximum absolute atomic E-state index is 14.7. The third-order valence-electron chi connectivity index (χ3n) is 6.84. The summed E-state index contributed by atoms with van der Waals surface area (Å²) in [5.41, 5.74) is 5.43. The number of amides is 3. The van der Waals surface area contributed by atoms with Crippen LogP contribution in [0.1, 0.15) is 43.9 Å². The SMILES string of the molecule is Cc1cc(F)c(NC(=O)NCCC2(C)CC2)cc1-c1ccnc(C2=CCNC3=C2CC(=O)N3)c1. The van der Waals surface area contributed by atoms with Crippen molar-refractivity contribution in [2.75, 3.05) is 18.4 Å². The smallest absolute Gasteiger partial charge is 0.319 e. The predicted octanol–water partition coefficient (Wildman–Crippen LogP) is 4.23. The number of hydrogen-bond acceptors (Lipinski definition) is 4. The predicted molar refractivity (Wildman–Crippen MR) is 129 cm³/mol. The van der Waals surface area contributed by atoms with Crippen molar-refractivity contribution in [3.63, 3.8) is 0 Å². The number of carbonyl (C=O) groups excluding carboxylic acids is 2. The number of hydrogen-bond donors (Lipinski definition) is 4. The van der Waals surface area contributed by atoms with Gasteiger partial charge in [-0.3, -0.25) is 9.78 Å². The molecular weight excluding hydrogens is 433 g/mol. The number of pyridine rings is 1. The lowest BCUT2D eigenvalue weighted by molar-refractivity contribution is -0.118. The first kappa shape index (κ1) is 22.1. The summed E-state index contributed by atoms with van der Waals surface area (Å²) < 4.78 is 14.7. The number of aromatic nitrogens is 1. The van der Waals surface area contributed by atoms with Crippen molar-refractivity contribution in [1.29, 1.82) is 0 Å². The van der Waals surface area contributed by atoms with Gasteiger partial charge in [0.05, 0.1) is 17.8 Å². The molecule has 2 aliphatic heterocycles. The van der Waals surface area contributed by atoms with E-state index >= 15 is 0 Å². The van der Waals surface area contributed by atoms with Crippen molar-refractivity contribution in [2.45, 2.75) is 39.5 Å². The van der Waals surface area contributed by atoms with Gasteiger partial charge in [-0.25, -0.2) is 9.18 Å². The molecule has 1 fully saturated rings. The van der Waals surface area contributed by atoms with Gasteiger partial charge in [-0.05, 0) is 72.6 Å². The molecule has 0 radical (unpaired) electrons. The number of aryl methyl sites for hydroxylation is 1. The molecule has 176 valence electrons. The first-order valence-corrected chi connectivity index (χ1v) is 11.6. The number of nitrogens with one attached hydrogen (secondary N) is 4. The highest BCUT2D eigenvalue weighted by molar-refractivity contribution is 5.94. The van der Waals surface area contributed by atoms with Gasteiger partial charge in [0, 0.05) is 30.4 Å². The van der Waals surface area contributed by atoms with Gasteiger partial charge in [0.1, 0.15) is 11.6 Å². The Morgan fingerprint density at radius 2 is 2.09 bits per heavy atom. The minimum Gasteiger partial charge on any atom is -0.368 e. The first-order chi connectivity index (χ1) is 16.3. The number of dihydropyridines is 1. The topological polar surface area (TPSA) is 95.2 Å². The molecule has 4 N–H and O–H groups in total. The Labute approximate surface area is 197 Å². The van der Waals surface area contributed by atoms with E-state index in [9.17, 15) is 14.0 Å². The fourth-order valence-corrected chi connectivity index (χ4v) is 4.46. The maximum Gasteiger partial charge on any atom is 0.319 e.